The number of thiocarbonyl (C=S) groups is 1. The van der Waals surface area contributed by atoms with Gasteiger partial charge < -0.3 is 15.5 Å². The highest BCUT2D eigenvalue weighted by Crippen LogP contribution is 2.40. The number of carbonyl (C=O) groups excluding carboxylic acids is 1. The summed E-state index contributed by atoms with van der Waals surface area (Å²) >= 11 is 5.78. The maximum atomic E-state index is 12.9. The molecule has 1 aliphatic rings. The zero-order chi connectivity index (χ0) is 25.2. The molecule has 0 aliphatic carbocycles. The van der Waals surface area contributed by atoms with Gasteiger partial charge in [-0.3, -0.25) is 14.5 Å². The summed E-state index contributed by atoms with van der Waals surface area (Å²) in [6, 6.07) is 15.5. The maximum Gasteiger partial charge on any atom is 0.226 e. The van der Waals surface area contributed by atoms with Crippen molar-refractivity contribution in [1.29, 1.82) is 0 Å². The minimum absolute atomic E-state index is 0.0536. The van der Waals surface area contributed by atoms with E-state index >= 15 is 0 Å². The molecule has 9 nitrogen and oxygen atoms in total. The number of pyridine rings is 1. The third-order valence-corrected chi connectivity index (χ3v) is 6.94. The van der Waals surface area contributed by atoms with Crippen LogP contribution in [0.5, 0.6) is 0 Å². The van der Waals surface area contributed by atoms with Gasteiger partial charge in [-0.1, -0.05) is 24.3 Å². The van der Waals surface area contributed by atoms with Gasteiger partial charge in [0.25, 0.3) is 0 Å². The minimum Gasteiger partial charge on any atom is -0.352 e. The monoisotopic (exact) mass is 500 g/mol. The van der Waals surface area contributed by atoms with Crippen LogP contribution in [-0.4, -0.2) is 47.0 Å². The lowest BCUT2D eigenvalue weighted by Crippen LogP contribution is -2.33. The summed E-state index contributed by atoms with van der Waals surface area (Å²) in [7, 11) is 0. The van der Waals surface area contributed by atoms with Crippen LogP contribution in [0, 0.1) is 20.8 Å². The Bertz CT molecular complexity index is 1380. The molecule has 5 rings (SSSR count). The lowest BCUT2D eigenvalue weighted by atomic mass is 9.96. The van der Waals surface area contributed by atoms with E-state index in [4.69, 9.17) is 12.2 Å². The van der Waals surface area contributed by atoms with Gasteiger partial charge in [0.15, 0.2) is 5.11 Å². The number of aryl methyl sites for hydroxylation is 2. The van der Waals surface area contributed by atoms with Gasteiger partial charge in [0.1, 0.15) is 12.7 Å². The number of anilines is 1. The molecule has 1 aromatic carbocycles. The molecule has 4 heterocycles. The van der Waals surface area contributed by atoms with Crippen LogP contribution < -0.4 is 10.6 Å². The molecule has 1 aliphatic heterocycles. The van der Waals surface area contributed by atoms with Crippen LogP contribution in [0.15, 0.2) is 67.4 Å². The molecule has 1 fully saturated rings. The molecule has 0 radical (unpaired) electrons. The third kappa shape index (κ3) is 4.47. The molecule has 10 heteroatoms. The second kappa shape index (κ2) is 9.90. The number of benzene rings is 1. The number of nitrogens with one attached hydrogen (secondary N) is 2. The van der Waals surface area contributed by atoms with E-state index in [1.165, 1.54) is 0 Å². The predicted molar refractivity (Wildman–Crippen MR) is 141 cm³/mol. The van der Waals surface area contributed by atoms with Crippen LogP contribution in [-0.2, 0) is 4.79 Å². The first kappa shape index (κ1) is 23.7. The van der Waals surface area contributed by atoms with Gasteiger partial charge in [-0.15, -0.1) is 10.2 Å². The summed E-state index contributed by atoms with van der Waals surface area (Å²) < 4.78 is 3.92. The Labute approximate surface area is 215 Å². The normalized spacial score (nSPS) is 17.3. The summed E-state index contributed by atoms with van der Waals surface area (Å²) in [5.74, 6) is -0.0536. The van der Waals surface area contributed by atoms with E-state index in [0.717, 1.165) is 33.9 Å². The molecule has 3 aromatic heterocycles. The van der Waals surface area contributed by atoms with Crippen molar-refractivity contribution in [3.63, 3.8) is 0 Å². The first-order valence-corrected chi connectivity index (χ1v) is 12.2. The second-order valence-corrected chi connectivity index (χ2v) is 9.30. The summed E-state index contributed by atoms with van der Waals surface area (Å²) in [5, 5.41) is 15.0. The van der Waals surface area contributed by atoms with Crippen LogP contribution in [0.3, 0.4) is 0 Å². The van der Waals surface area contributed by atoms with Gasteiger partial charge in [-0.2, -0.15) is 0 Å². The van der Waals surface area contributed by atoms with E-state index in [1.54, 1.807) is 18.9 Å². The molecule has 4 aromatic rings. The average molecular weight is 501 g/mol. The Morgan fingerprint density at radius 3 is 2.56 bits per heavy atom. The van der Waals surface area contributed by atoms with Crippen LogP contribution in [0.25, 0.3) is 0 Å². The topological polar surface area (TPSA) is 92.9 Å². The molecular formula is C26H28N8OS. The average Bonchev–Trinajstić information content (AvgIpc) is 3.58. The van der Waals surface area contributed by atoms with Crippen molar-refractivity contribution in [2.24, 2.45) is 0 Å². The Hall–Kier alpha value is -4.05. The zero-order valence-corrected chi connectivity index (χ0v) is 21.2. The number of aromatic nitrogens is 5. The number of hydrogen-bond donors (Lipinski definition) is 2. The fraction of sp³-hybridized carbons (Fsp3) is 0.269. The van der Waals surface area contributed by atoms with E-state index in [9.17, 15) is 4.79 Å². The Kier molecular flexibility index (Phi) is 6.51. The molecule has 0 spiro atoms. The van der Waals surface area contributed by atoms with E-state index in [0.29, 0.717) is 18.1 Å². The molecule has 1 amide bonds. The molecule has 184 valence electrons. The van der Waals surface area contributed by atoms with Crippen molar-refractivity contribution in [1.82, 2.24) is 34.8 Å². The van der Waals surface area contributed by atoms with Crippen molar-refractivity contribution in [2.45, 2.75) is 39.3 Å². The maximum absolute atomic E-state index is 12.9. The minimum atomic E-state index is -0.159. The van der Waals surface area contributed by atoms with E-state index < -0.39 is 0 Å². The summed E-state index contributed by atoms with van der Waals surface area (Å²) in [6.07, 6.45) is 5.43. The van der Waals surface area contributed by atoms with Crippen molar-refractivity contribution < 1.29 is 4.79 Å². The fourth-order valence-corrected chi connectivity index (χ4v) is 5.20. The molecule has 0 bridgehead atoms. The molecule has 2 unspecified atom stereocenters. The van der Waals surface area contributed by atoms with Gasteiger partial charge in [-0.05, 0) is 62.8 Å². The number of hydrogen-bond acceptors (Lipinski definition) is 5. The van der Waals surface area contributed by atoms with Crippen LogP contribution in [0.4, 0.5) is 5.69 Å². The largest absolute Gasteiger partial charge is 0.352 e. The Morgan fingerprint density at radius 1 is 1.08 bits per heavy atom. The van der Waals surface area contributed by atoms with Crippen LogP contribution in [0.2, 0.25) is 0 Å². The molecule has 2 N–H and O–H groups in total. The van der Waals surface area contributed by atoms with Gasteiger partial charge in [-0.25, -0.2) is 4.68 Å². The first-order valence-electron chi connectivity index (χ1n) is 11.8. The van der Waals surface area contributed by atoms with E-state index in [1.807, 2.05) is 61.0 Å². The van der Waals surface area contributed by atoms with Crippen LogP contribution in [0.1, 0.15) is 46.7 Å². The number of rotatable bonds is 7. The molecule has 1 saturated heterocycles. The standard InChI is InChI=1S/C26H28N8OS/c1-17-8-4-5-9-21(17)30-23(35)11-13-33-25(24(31-26(33)36)22-10-6-7-12-27-22)20-14-18(2)34(19(20)3)32-15-28-29-16-32/h4-10,12,14-16,24-25H,11,13H2,1-3H3,(H,30,35)(H,31,36). The number of para-hydroxylation sites is 1. The second-order valence-electron chi connectivity index (χ2n) is 8.91. The fourth-order valence-electron chi connectivity index (χ4n) is 4.86. The lowest BCUT2D eigenvalue weighted by Gasteiger charge is -2.28. The summed E-state index contributed by atoms with van der Waals surface area (Å²) in [4.78, 5) is 19.6. The molecule has 0 saturated carbocycles. The summed E-state index contributed by atoms with van der Waals surface area (Å²) in [6.45, 7) is 6.57. The van der Waals surface area contributed by atoms with E-state index in [-0.39, 0.29) is 18.0 Å². The molecule has 36 heavy (non-hydrogen) atoms. The SMILES string of the molecule is Cc1ccccc1NC(=O)CCN1C(=S)NC(c2ccccn2)C1c1cc(C)n(-n2cnnc2)c1C. The van der Waals surface area contributed by atoms with E-state index in [2.05, 4.69) is 48.4 Å². The quantitative estimate of drug-likeness (QED) is 0.374. The summed E-state index contributed by atoms with van der Waals surface area (Å²) in [5.41, 5.74) is 5.93. The van der Waals surface area contributed by atoms with Gasteiger partial charge in [0.05, 0.1) is 17.8 Å². The van der Waals surface area contributed by atoms with Gasteiger partial charge in [0.2, 0.25) is 5.91 Å². The number of carbonyl (C=O) groups is 1. The lowest BCUT2D eigenvalue weighted by molar-refractivity contribution is -0.116. The predicted octanol–water partition coefficient (Wildman–Crippen LogP) is 3.71. The van der Waals surface area contributed by atoms with Gasteiger partial charge >= 0.3 is 0 Å². The van der Waals surface area contributed by atoms with Crippen molar-refractivity contribution in [3.05, 3.63) is 95.6 Å². The molecule has 2 atom stereocenters. The Balaban J connectivity index is 1.46. The zero-order valence-electron chi connectivity index (χ0n) is 20.4. The van der Waals surface area contributed by atoms with Gasteiger partial charge in [0, 0.05) is 41.8 Å². The first-order chi connectivity index (χ1) is 17.4. The Morgan fingerprint density at radius 2 is 1.83 bits per heavy atom. The molecular weight excluding hydrogens is 472 g/mol. The highest BCUT2D eigenvalue weighted by molar-refractivity contribution is 7.80. The van der Waals surface area contributed by atoms with Crippen molar-refractivity contribution >= 4 is 28.9 Å². The highest BCUT2D eigenvalue weighted by atomic mass is 32.1. The smallest absolute Gasteiger partial charge is 0.226 e. The number of amides is 1. The van der Waals surface area contributed by atoms with Crippen molar-refractivity contribution in [2.75, 3.05) is 11.9 Å². The third-order valence-electron chi connectivity index (χ3n) is 6.59. The highest BCUT2D eigenvalue weighted by Gasteiger charge is 2.41. The number of nitrogens with zero attached hydrogens (tertiary/aromatic N) is 6. The van der Waals surface area contributed by atoms with Crippen LogP contribution >= 0.6 is 12.2 Å². The van der Waals surface area contributed by atoms with Crippen molar-refractivity contribution in [3.8, 4) is 0 Å².